The molecule has 3 aromatic rings. The van der Waals surface area contributed by atoms with Gasteiger partial charge in [0.25, 0.3) is 10.0 Å². The van der Waals surface area contributed by atoms with E-state index in [0.29, 0.717) is 21.4 Å². The van der Waals surface area contributed by atoms with Gasteiger partial charge in [-0.05, 0) is 68.7 Å². The van der Waals surface area contributed by atoms with Crippen LogP contribution in [0, 0.1) is 6.92 Å². The molecule has 0 heterocycles. The van der Waals surface area contributed by atoms with Crippen LogP contribution in [0.1, 0.15) is 43.7 Å². The van der Waals surface area contributed by atoms with E-state index in [1.54, 1.807) is 61.5 Å². The van der Waals surface area contributed by atoms with Crippen LogP contribution in [0.15, 0.2) is 71.6 Å². The Bertz CT molecular complexity index is 1530. The van der Waals surface area contributed by atoms with Gasteiger partial charge in [-0.25, -0.2) is 8.42 Å². The number of carbonyl (C=O) groups is 2. The lowest BCUT2D eigenvalue weighted by Gasteiger charge is -2.32. The zero-order valence-electron chi connectivity index (χ0n) is 23.8. The molecule has 0 aromatic heterocycles. The maximum atomic E-state index is 14.1. The normalized spacial score (nSPS) is 14.3. The fraction of sp³-hybridized carbons (Fsp3) is 0.355. The Balaban J connectivity index is 1.71. The number of hydrogen-bond acceptors (Lipinski definition) is 5. The van der Waals surface area contributed by atoms with Crippen LogP contribution in [0.2, 0.25) is 10.0 Å². The molecule has 11 heteroatoms. The van der Waals surface area contributed by atoms with E-state index in [0.717, 1.165) is 35.6 Å². The van der Waals surface area contributed by atoms with E-state index in [4.69, 9.17) is 27.9 Å². The average molecular weight is 633 g/mol. The molecule has 4 rings (SSSR count). The van der Waals surface area contributed by atoms with E-state index in [9.17, 15) is 18.0 Å². The quantitative estimate of drug-likeness (QED) is 0.281. The number of sulfonamides is 1. The smallest absolute Gasteiger partial charge is 0.264 e. The lowest BCUT2D eigenvalue weighted by Crippen LogP contribution is -2.52. The summed E-state index contributed by atoms with van der Waals surface area (Å²) in [6, 6.07) is 17.0. The molecule has 0 aliphatic heterocycles. The Morgan fingerprint density at radius 3 is 2.33 bits per heavy atom. The van der Waals surface area contributed by atoms with Crippen LogP contribution in [-0.2, 0) is 26.2 Å². The number of benzene rings is 3. The third-order valence-electron chi connectivity index (χ3n) is 7.43. The summed E-state index contributed by atoms with van der Waals surface area (Å²) >= 11 is 12.4. The number of ether oxygens (including phenoxy) is 1. The fourth-order valence-electron chi connectivity index (χ4n) is 4.94. The number of hydrogen-bond donors (Lipinski definition) is 1. The summed E-state index contributed by atoms with van der Waals surface area (Å²) < 4.78 is 34.3. The second-order valence-corrected chi connectivity index (χ2v) is 13.1. The van der Waals surface area contributed by atoms with E-state index in [2.05, 4.69) is 5.32 Å². The lowest BCUT2D eigenvalue weighted by molar-refractivity contribution is -0.139. The Kier molecular flexibility index (Phi) is 10.4. The van der Waals surface area contributed by atoms with Gasteiger partial charge in [-0.3, -0.25) is 13.9 Å². The first-order valence-electron chi connectivity index (χ1n) is 13.8. The molecule has 1 saturated carbocycles. The number of carbonyl (C=O) groups excluding carboxylic acids is 2. The molecule has 1 aliphatic carbocycles. The summed E-state index contributed by atoms with van der Waals surface area (Å²) in [5.74, 6) is -0.431. The molecule has 3 aromatic carbocycles. The third-order valence-corrected chi connectivity index (χ3v) is 9.96. The number of anilines is 1. The highest BCUT2D eigenvalue weighted by molar-refractivity contribution is 7.92. The monoisotopic (exact) mass is 631 g/mol. The third kappa shape index (κ3) is 7.56. The first kappa shape index (κ1) is 31.7. The molecule has 0 radical (unpaired) electrons. The van der Waals surface area contributed by atoms with Crippen LogP contribution in [0.25, 0.3) is 0 Å². The summed E-state index contributed by atoms with van der Waals surface area (Å²) in [4.78, 5) is 28.9. The van der Waals surface area contributed by atoms with Gasteiger partial charge in [0.2, 0.25) is 11.8 Å². The van der Waals surface area contributed by atoms with Gasteiger partial charge in [0.05, 0.1) is 27.7 Å². The molecular formula is C31H35Cl2N3O5S. The van der Waals surface area contributed by atoms with Gasteiger partial charge in [-0.2, -0.15) is 0 Å². The second-order valence-electron chi connectivity index (χ2n) is 10.5. The summed E-state index contributed by atoms with van der Waals surface area (Å²) in [6.45, 7) is 2.97. The summed E-state index contributed by atoms with van der Waals surface area (Å²) in [7, 11) is -2.70. The van der Waals surface area contributed by atoms with Gasteiger partial charge in [0.15, 0.2) is 0 Å². The van der Waals surface area contributed by atoms with Crippen molar-refractivity contribution >= 4 is 50.7 Å². The minimum atomic E-state index is -4.18. The minimum absolute atomic E-state index is 0.0194. The van der Waals surface area contributed by atoms with Crippen molar-refractivity contribution in [3.63, 3.8) is 0 Å². The molecule has 8 nitrogen and oxygen atoms in total. The molecule has 1 N–H and O–H groups in total. The standard InChI is InChI=1S/C31H35Cl2N3O5S/c1-21-11-14-27(15-12-21)42(39,40)36(25-9-6-10-26(18-25)41-3)20-30(37)35(19-23-13-16-28(32)29(33)17-23)22(2)31(38)34-24-7-4-5-8-24/h6,9-18,22,24H,4-5,7-8,19-20H2,1-3H3,(H,34,38). The van der Waals surface area contributed by atoms with Crippen molar-refractivity contribution in [2.24, 2.45) is 0 Å². The number of aryl methyl sites for hydroxylation is 1. The van der Waals surface area contributed by atoms with E-state index < -0.39 is 28.5 Å². The second kappa shape index (κ2) is 13.8. The van der Waals surface area contributed by atoms with Gasteiger partial charge >= 0.3 is 0 Å². The number of nitrogens with zero attached hydrogens (tertiary/aromatic N) is 2. The predicted octanol–water partition coefficient (Wildman–Crippen LogP) is 5.98. The number of nitrogens with one attached hydrogen (secondary N) is 1. The molecule has 1 atom stereocenters. The predicted molar refractivity (Wildman–Crippen MR) is 166 cm³/mol. The van der Waals surface area contributed by atoms with Crippen molar-refractivity contribution in [2.75, 3.05) is 18.0 Å². The molecule has 0 spiro atoms. The van der Waals surface area contributed by atoms with Crippen LogP contribution in [0.5, 0.6) is 5.75 Å². The molecule has 1 aliphatic rings. The van der Waals surface area contributed by atoms with Crippen LogP contribution in [0.4, 0.5) is 5.69 Å². The highest BCUT2D eigenvalue weighted by atomic mass is 35.5. The van der Waals surface area contributed by atoms with Crippen LogP contribution >= 0.6 is 23.2 Å². The number of halogens is 2. The van der Waals surface area contributed by atoms with Crippen molar-refractivity contribution < 1.29 is 22.7 Å². The van der Waals surface area contributed by atoms with Gasteiger partial charge < -0.3 is 15.0 Å². The molecule has 224 valence electrons. The van der Waals surface area contributed by atoms with Crippen molar-refractivity contribution in [3.05, 3.63) is 87.9 Å². The minimum Gasteiger partial charge on any atom is -0.497 e. The maximum Gasteiger partial charge on any atom is 0.264 e. The maximum absolute atomic E-state index is 14.1. The average Bonchev–Trinajstić information content (AvgIpc) is 3.49. The number of amides is 2. The summed E-state index contributed by atoms with van der Waals surface area (Å²) in [6.07, 6.45) is 3.85. The summed E-state index contributed by atoms with van der Waals surface area (Å²) in [5.41, 5.74) is 1.79. The van der Waals surface area contributed by atoms with E-state index in [-0.39, 0.29) is 29.1 Å². The molecule has 1 fully saturated rings. The first-order valence-corrected chi connectivity index (χ1v) is 16.0. The van der Waals surface area contributed by atoms with Crippen molar-refractivity contribution in [2.45, 2.75) is 63.1 Å². The number of rotatable bonds is 11. The van der Waals surface area contributed by atoms with Gasteiger partial charge in [0.1, 0.15) is 18.3 Å². The van der Waals surface area contributed by atoms with E-state index >= 15 is 0 Å². The zero-order chi connectivity index (χ0) is 30.4. The van der Waals surface area contributed by atoms with Gasteiger partial charge in [-0.1, -0.05) is 65.9 Å². The fourth-order valence-corrected chi connectivity index (χ4v) is 6.67. The molecule has 0 bridgehead atoms. The Morgan fingerprint density at radius 1 is 1.00 bits per heavy atom. The number of methoxy groups -OCH3 is 1. The van der Waals surface area contributed by atoms with Crippen molar-refractivity contribution in [1.82, 2.24) is 10.2 Å². The Labute approximate surface area is 257 Å². The van der Waals surface area contributed by atoms with E-state index in [1.807, 2.05) is 6.92 Å². The van der Waals surface area contributed by atoms with Crippen LogP contribution in [0.3, 0.4) is 0 Å². The van der Waals surface area contributed by atoms with Crippen molar-refractivity contribution in [1.29, 1.82) is 0 Å². The molecular weight excluding hydrogens is 597 g/mol. The molecule has 42 heavy (non-hydrogen) atoms. The molecule has 1 unspecified atom stereocenters. The summed E-state index contributed by atoms with van der Waals surface area (Å²) in [5, 5.41) is 3.72. The molecule has 0 saturated heterocycles. The van der Waals surface area contributed by atoms with Gasteiger partial charge in [-0.15, -0.1) is 0 Å². The van der Waals surface area contributed by atoms with Crippen LogP contribution < -0.4 is 14.4 Å². The molecule has 2 amide bonds. The zero-order valence-corrected chi connectivity index (χ0v) is 26.2. The Hall–Kier alpha value is -3.27. The first-order chi connectivity index (χ1) is 20.0. The topological polar surface area (TPSA) is 96.0 Å². The van der Waals surface area contributed by atoms with Crippen LogP contribution in [-0.4, -0.2) is 50.9 Å². The largest absolute Gasteiger partial charge is 0.497 e. The van der Waals surface area contributed by atoms with Crippen molar-refractivity contribution in [3.8, 4) is 5.75 Å². The highest BCUT2D eigenvalue weighted by Gasteiger charge is 2.33. The SMILES string of the molecule is COc1cccc(N(CC(=O)N(Cc2ccc(Cl)c(Cl)c2)C(C)C(=O)NC2CCCC2)S(=O)(=O)c2ccc(C)cc2)c1. The Morgan fingerprint density at radius 2 is 1.69 bits per heavy atom. The van der Waals surface area contributed by atoms with E-state index in [1.165, 1.54) is 24.1 Å². The lowest BCUT2D eigenvalue weighted by atomic mass is 10.1. The highest BCUT2D eigenvalue weighted by Crippen LogP contribution is 2.29. The van der Waals surface area contributed by atoms with Gasteiger partial charge in [0, 0.05) is 18.7 Å².